The molecule has 0 bridgehead atoms. The van der Waals surface area contributed by atoms with Crippen LogP contribution in [0.3, 0.4) is 0 Å². The Hall–Kier alpha value is -3.91. The summed E-state index contributed by atoms with van der Waals surface area (Å²) in [6.07, 6.45) is 2.00. The molecule has 234 valence electrons. The molecule has 3 fully saturated rings. The molecule has 6 rings (SSSR count). The van der Waals surface area contributed by atoms with Gasteiger partial charge in [-0.05, 0) is 43.9 Å². The van der Waals surface area contributed by atoms with Crippen molar-refractivity contribution in [3.8, 4) is 11.3 Å². The van der Waals surface area contributed by atoms with Gasteiger partial charge in [0.2, 0.25) is 5.91 Å². The zero-order valence-corrected chi connectivity index (χ0v) is 24.7. The molecule has 1 aliphatic heterocycles. The largest absolute Gasteiger partial charge is 0.435 e. The molecule has 2 aromatic heterocycles. The van der Waals surface area contributed by atoms with Gasteiger partial charge in [0.1, 0.15) is 0 Å². The molecule has 0 radical (unpaired) electrons. The monoisotopic (exact) mass is 632 g/mol. The molecule has 3 heterocycles. The summed E-state index contributed by atoms with van der Waals surface area (Å²) in [5.41, 5.74) is 5.53. The number of rotatable bonds is 6. The molecule has 1 aromatic carbocycles. The molecule has 15 heteroatoms. The van der Waals surface area contributed by atoms with Gasteiger partial charge in [0, 0.05) is 51.2 Å². The van der Waals surface area contributed by atoms with E-state index in [1.807, 2.05) is 0 Å². The Morgan fingerprint density at radius 3 is 2.36 bits per heavy atom. The number of benzene rings is 1. The molecule has 11 nitrogen and oxygen atoms in total. The van der Waals surface area contributed by atoms with Gasteiger partial charge in [0.05, 0.1) is 40.0 Å². The van der Waals surface area contributed by atoms with Crippen LogP contribution in [-0.4, -0.2) is 79.1 Å². The van der Waals surface area contributed by atoms with Gasteiger partial charge in [-0.15, -0.1) is 0 Å². The third-order valence-corrected chi connectivity index (χ3v) is 8.92. The van der Waals surface area contributed by atoms with Crippen molar-refractivity contribution >= 4 is 35.0 Å². The van der Waals surface area contributed by atoms with Crippen molar-refractivity contribution in [3.05, 3.63) is 52.7 Å². The molecule has 0 spiro atoms. The Bertz CT molecular complexity index is 1610. The van der Waals surface area contributed by atoms with Crippen molar-refractivity contribution in [1.29, 1.82) is 0 Å². The van der Waals surface area contributed by atoms with Crippen molar-refractivity contribution in [3.63, 3.8) is 0 Å². The van der Waals surface area contributed by atoms with Gasteiger partial charge in [-0.2, -0.15) is 18.3 Å². The molecule has 2 aliphatic carbocycles. The number of alkyl halides is 3. The smallest absolute Gasteiger partial charge is 0.339 e. The van der Waals surface area contributed by atoms with Crippen LogP contribution < -0.4 is 11.1 Å². The van der Waals surface area contributed by atoms with Gasteiger partial charge in [-0.1, -0.05) is 18.0 Å². The second kappa shape index (κ2) is 11.5. The van der Waals surface area contributed by atoms with Crippen molar-refractivity contribution < 1.29 is 27.6 Å². The molecule has 0 unspecified atom stereocenters. The summed E-state index contributed by atoms with van der Waals surface area (Å²) in [6, 6.07) is 4.28. The van der Waals surface area contributed by atoms with E-state index in [0.717, 1.165) is 32.1 Å². The third-order valence-electron chi connectivity index (χ3n) is 8.61. The fraction of sp³-hybridized carbons (Fsp3) is 0.483. The van der Waals surface area contributed by atoms with Gasteiger partial charge >= 0.3 is 6.18 Å². The molecular weight excluding hydrogens is 601 g/mol. The minimum Gasteiger partial charge on any atom is -0.339 e. The number of anilines is 1. The molecule has 1 saturated heterocycles. The SMILES string of the molecule is Cn1c(-c2cn(C3CC3)nc2C(F)(F)F)cnc1C(=O)Nc1ccc(C(=O)N2CCN(C(=O)[C@@H]3CCC[C@@H]3N)CC2)c(Cl)c1. The summed E-state index contributed by atoms with van der Waals surface area (Å²) in [4.78, 5) is 46.6. The number of halogens is 4. The Labute approximate surface area is 256 Å². The lowest BCUT2D eigenvalue weighted by molar-refractivity contribution is -0.141. The van der Waals surface area contributed by atoms with Crippen LogP contribution in [0.1, 0.15) is 64.8 Å². The van der Waals surface area contributed by atoms with E-state index in [0.29, 0.717) is 26.2 Å². The number of hydrogen-bond donors (Lipinski definition) is 2. The molecule has 2 atom stereocenters. The average molecular weight is 633 g/mol. The molecule has 2 saturated carbocycles. The normalized spacial score (nSPS) is 20.7. The van der Waals surface area contributed by atoms with Gasteiger partial charge in [-0.3, -0.25) is 19.1 Å². The highest BCUT2D eigenvalue weighted by Gasteiger charge is 2.40. The summed E-state index contributed by atoms with van der Waals surface area (Å²) < 4.78 is 43.8. The molecule has 44 heavy (non-hydrogen) atoms. The lowest BCUT2D eigenvalue weighted by Crippen LogP contribution is -2.53. The Kier molecular flexibility index (Phi) is 7.91. The number of carbonyl (C=O) groups is 3. The predicted molar refractivity (Wildman–Crippen MR) is 155 cm³/mol. The van der Waals surface area contributed by atoms with Crippen LogP contribution in [0.4, 0.5) is 18.9 Å². The van der Waals surface area contributed by atoms with Gasteiger partial charge in [0.25, 0.3) is 11.8 Å². The zero-order valence-electron chi connectivity index (χ0n) is 24.0. The summed E-state index contributed by atoms with van der Waals surface area (Å²) in [6.45, 7) is 1.55. The zero-order chi connectivity index (χ0) is 31.3. The van der Waals surface area contributed by atoms with Crippen molar-refractivity contribution in [2.45, 2.75) is 50.4 Å². The van der Waals surface area contributed by atoms with Crippen LogP contribution in [0.5, 0.6) is 0 Å². The first-order chi connectivity index (χ1) is 20.9. The Morgan fingerprint density at radius 2 is 1.75 bits per heavy atom. The van der Waals surface area contributed by atoms with E-state index in [4.69, 9.17) is 17.3 Å². The number of piperazine rings is 1. The Morgan fingerprint density at radius 1 is 1.05 bits per heavy atom. The summed E-state index contributed by atoms with van der Waals surface area (Å²) in [5.74, 6) is -1.18. The Balaban J connectivity index is 1.11. The molecular formula is C29H32ClF3N8O3. The minimum atomic E-state index is -4.67. The maximum atomic E-state index is 13.7. The molecule has 3 N–H and O–H groups in total. The number of nitrogens with zero attached hydrogens (tertiary/aromatic N) is 6. The van der Waals surface area contributed by atoms with Crippen LogP contribution in [0.15, 0.2) is 30.6 Å². The van der Waals surface area contributed by atoms with Crippen LogP contribution in [0, 0.1) is 5.92 Å². The van der Waals surface area contributed by atoms with E-state index in [-0.39, 0.29) is 63.2 Å². The minimum absolute atomic E-state index is 0.0502. The third kappa shape index (κ3) is 5.80. The highest BCUT2D eigenvalue weighted by atomic mass is 35.5. The summed E-state index contributed by atoms with van der Waals surface area (Å²) in [7, 11) is 1.45. The van der Waals surface area contributed by atoms with Crippen molar-refractivity contribution in [2.24, 2.45) is 18.7 Å². The van der Waals surface area contributed by atoms with E-state index in [1.165, 1.54) is 46.9 Å². The van der Waals surface area contributed by atoms with Gasteiger partial charge in [0.15, 0.2) is 11.5 Å². The van der Waals surface area contributed by atoms with E-state index in [9.17, 15) is 27.6 Å². The quantitative estimate of drug-likeness (QED) is 0.423. The standard InChI is InChI=1S/C29H32ClF3N8O3/c1-38-23(20-15-41(17-6-7-17)37-24(20)29(31,32)33)14-35-25(38)26(42)36-16-5-8-18(21(30)13-16)27(43)39-9-11-40(12-10-39)28(44)19-3-2-4-22(19)34/h5,8,13-15,17,19,22H,2-4,6-7,9-12,34H2,1H3,(H,36,42)/t19-,22+/m1/s1. The second-order valence-corrected chi connectivity index (χ2v) is 12.0. The van der Waals surface area contributed by atoms with Crippen LogP contribution in [0.2, 0.25) is 5.02 Å². The van der Waals surface area contributed by atoms with Gasteiger partial charge in [-0.25, -0.2) is 4.98 Å². The lowest BCUT2D eigenvalue weighted by Gasteiger charge is -2.36. The number of hydrogen-bond acceptors (Lipinski definition) is 6. The number of aromatic nitrogens is 4. The molecule has 3 aliphatic rings. The first kappa shape index (κ1) is 30.1. The average Bonchev–Trinajstić information content (AvgIpc) is 3.38. The van der Waals surface area contributed by atoms with Crippen LogP contribution in [-0.2, 0) is 18.0 Å². The van der Waals surface area contributed by atoms with Crippen LogP contribution >= 0.6 is 11.6 Å². The highest BCUT2D eigenvalue weighted by molar-refractivity contribution is 6.34. The number of amides is 3. The summed E-state index contributed by atoms with van der Waals surface area (Å²) >= 11 is 6.45. The lowest BCUT2D eigenvalue weighted by atomic mass is 10.0. The van der Waals surface area contributed by atoms with Crippen molar-refractivity contribution in [1.82, 2.24) is 29.1 Å². The fourth-order valence-electron chi connectivity index (χ4n) is 5.97. The van der Waals surface area contributed by atoms with Crippen molar-refractivity contribution in [2.75, 3.05) is 31.5 Å². The van der Waals surface area contributed by atoms with E-state index in [2.05, 4.69) is 15.4 Å². The van der Waals surface area contributed by atoms with E-state index in [1.54, 1.807) is 9.80 Å². The van der Waals surface area contributed by atoms with Crippen LogP contribution in [0.25, 0.3) is 11.3 Å². The molecule has 3 aromatic rings. The topological polar surface area (TPSA) is 131 Å². The van der Waals surface area contributed by atoms with Gasteiger partial charge < -0.3 is 25.4 Å². The molecule has 3 amide bonds. The summed E-state index contributed by atoms with van der Waals surface area (Å²) in [5, 5.41) is 6.53. The second-order valence-electron chi connectivity index (χ2n) is 11.6. The predicted octanol–water partition coefficient (Wildman–Crippen LogP) is 3.95. The maximum absolute atomic E-state index is 13.7. The number of imidazole rings is 1. The number of carbonyl (C=O) groups excluding carboxylic acids is 3. The first-order valence-electron chi connectivity index (χ1n) is 14.6. The highest BCUT2D eigenvalue weighted by Crippen LogP contribution is 2.41. The van der Waals surface area contributed by atoms with E-state index >= 15 is 0 Å². The van der Waals surface area contributed by atoms with E-state index < -0.39 is 17.8 Å². The first-order valence-corrected chi connectivity index (χ1v) is 14.9. The fourth-order valence-corrected chi connectivity index (χ4v) is 6.23. The number of nitrogens with one attached hydrogen (secondary N) is 1. The maximum Gasteiger partial charge on any atom is 0.435 e. The number of nitrogens with two attached hydrogens (primary N) is 1.